The number of anilines is 1. The maximum Gasteiger partial charge on any atom is 0.135 e. The van der Waals surface area contributed by atoms with Crippen LogP contribution in [-0.2, 0) is 0 Å². The summed E-state index contributed by atoms with van der Waals surface area (Å²) in [4.78, 5) is 1.88. The van der Waals surface area contributed by atoms with E-state index in [0.717, 1.165) is 0 Å². The van der Waals surface area contributed by atoms with Crippen LogP contribution in [0.3, 0.4) is 0 Å². The Kier molecular flexibility index (Phi) is 4.84. The zero-order valence-corrected chi connectivity index (χ0v) is 10.8. The molecule has 0 fully saturated rings. The third-order valence-electron chi connectivity index (χ3n) is 2.53. The molecule has 0 heterocycles. The molecule has 1 atom stereocenters. The molecule has 3 N–H and O–H groups in total. The van der Waals surface area contributed by atoms with Crippen molar-refractivity contribution in [3.63, 3.8) is 0 Å². The molecule has 1 aromatic carbocycles. The first-order valence-electron chi connectivity index (χ1n) is 5.41. The summed E-state index contributed by atoms with van der Waals surface area (Å²) in [6.45, 7) is 2.32. The molecule has 3 nitrogen and oxygen atoms in total. The fourth-order valence-electron chi connectivity index (χ4n) is 1.58. The lowest BCUT2D eigenvalue weighted by molar-refractivity contribution is 0.187. The van der Waals surface area contributed by atoms with Gasteiger partial charge in [0.25, 0.3) is 0 Å². The molecule has 0 saturated carbocycles. The normalized spacial score (nSPS) is 12.2. The topological polar surface area (TPSA) is 49.5 Å². The zero-order chi connectivity index (χ0) is 13.0. The lowest BCUT2D eigenvalue weighted by Gasteiger charge is -2.23. The minimum absolute atomic E-state index is 0.0435. The molecule has 0 aromatic heterocycles. The van der Waals surface area contributed by atoms with Gasteiger partial charge in [0.05, 0.1) is 11.7 Å². The largest absolute Gasteiger partial charge is 0.393 e. The fraction of sp³-hybridized carbons (Fsp3) is 0.417. The first-order valence-corrected chi connectivity index (χ1v) is 5.81. The van der Waals surface area contributed by atoms with Crippen LogP contribution in [0.4, 0.5) is 10.1 Å². The van der Waals surface area contributed by atoms with Crippen LogP contribution in [0, 0.1) is 5.82 Å². The Morgan fingerprint density at radius 2 is 2.24 bits per heavy atom. The van der Waals surface area contributed by atoms with Crippen molar-refractivity contribution in [2.45, 2.75) is 19.4 Å². The number of rotatable bonds is 5. The van der Waals surface area contributed by atoms with Crippen LogP contribution < -0.4 is 10.6 Å². The van der Waals surface area contributed by atoms with Gasteiger partial charge in [-0.3, -0.25) is 0 Å². The maximum atomic E-state index is 13.6. The minimum atomic E-state index is -0.418. The van der Waals surface area contributed by atoms with Crippen LogP contribution in [0.25, 0.3) is 0 Å². The van der Waals surface area contributed by atoms with E-state index < -0.39 is 5.82 Å². The predicted molar refractivity (Wildman–Crippen MR) is 71.9 cm³/mol. The second-order valence-electron chi connectivity index (χ2n) is 4.06. The Morgan fingerprint density at radius 1 is 1.59 bits per heavy atom. The van der Waals surface area contributed by atoms with Crippen molar-refractivity contribution in [1.82, 2.24) is 0 Å². The van der Waals surface area contributed by atoms with Gasteiger partial charge in [-0.1, -0.05) is 18.3 Å². The number of aliphatic hydroxyl groups excluding tert-OH is 1. The Labute approximate surface area is 106 Å². The van der Waals surface area contributed by atoms with E-state index >= 15 is 0 Å². The minimum Gasteiger partial charge on any atom is -0.393 e. The number of aliphatic hydroxyl groups is 1. The van der Waals surface area contributed by atoms with Crippen LogP contribution in [0.2, 0.25) is 0 Å². The Hall–Kier alpha value is -1.20. The van der Waals surface area contributed by atoms with E-state index in [-0.39, 0.29) is 16.7 Å². The first-order chi connectivity index (χ1) is 7.93. The van der Waals surface area contributed by atoms with Gasteiger partial charge >= 0.3 is 0 Å². The standard InChI is InChI=1S/C12H17FN2OS/c1-8(16)6-7-15(2)10-5-3-4-9(13)11(10)12(14)17/h3-5,8,16H,6-7H2,1-2H3,(H2,14,17). The van der Waals surface area contributed by atoms with Crippen molar-refractivity contribution in [2.75, 3.05) is 18.5 Å². The molecule has 0 aliphatic rings. The van der Waals surface area contributed by atoms with Gasteiger partial charge in [-0.2, -0.15) is 0 Å². The second-order valence-corrected chi connectivity index (χ2v) is 4.50. The predicted octanol–water partition coefficient (Wildman–Crippen LogP) is 1.67. The van der Waals surface area contributed by atoms with E-state index in [0.29, 0.717) is 18.7 Å². The fourth-order valence-corrected chi connectivity index (χ4v) is 1.78. The molecular weight excluding hydrogens is 239 g/mol. The van der Waals surface area contributed by atoms with Crippen LogP contribution in [-0.4, -0.2) is 29.8 Å². The molecule has 0 aliphatic carbocycles. The zero-order valence-electron chi connectivity index (χ0n) is 9.98. The lowest BCUT2D eigenvalue weighted by Crippen LogP contribution is -2.25. The second kappa shape index (κ2) is 5.93. The number of thiocarbonyl (C=S) groups is 1. The summed E-state index contributed by atoms with van der Waals surface area (Å²) >= 11 is 4.85. The highest BCUT2D eigenvalue weighted by molar-refractivity contribution is 7.80. The summed E-state index contributed by atoms with van der Waals surface area (Å²) in [7, 11) is 1.82. The summed E-state index contributed by atoms with van der Waals surface area (Å²) in [5.41, 5.74) is 6.44. The third kappa shape index (κ3) is 3.64. The molecule has 0 saturated heterocycles. The Bertz CT molecular complexity index is 409. The molecule has 0 spiro atoms. The summed E-state index contributed by atoms with van der Waals surface area (Å²) in [6, 6.07) is 4.71. The molecule has 1 rings (SSSR count). The van der Waals surface area contributed by atoms with Gasteiger partial charge in [0.1, 0.15) is 10.8 Å². The van der Waals surface area contributed by atoms with E-state index in [1.165, 1.54) is 6.07 Å². The monoisotopic (exact) mass is 256 g/mol. The van der Waals surface area contributed by atoms with Crippen LogP contribution >= 0.6 is 12.2 Å². The smallest absolute Gasteiger partial charge is 0.135 e. The molecule has 94 valence electrons. The molecule has 0 bridgehead atoms. The molecule has 1 unspecified atom stereocenters. The molecule has 1 aromatic rings. The van der Waals surface area contributed by atoms with E-state index in [2.05, 4.69) is 0 Å². The number of nitrogens with two attached hydrogens (primary N) is 1. The average molecular weight is 256 g/mol. The molecular formula is C12H17FN2OS. The van der Waals surface area contributed by atoms with Crippen molar-refractivity contribution < 1.29 is 9.50 Å². The lowest BCUT2D eigenvalue weighted by atomic mass is 10.1. The van der Waals surface area contributed by atoms with E-state index in [9.17, 15) is 9.50 Å². The molecule has 0 amide bonds. The van der Waals surface area contributed by atoms with Crippen LogP contribution in [0.15, 0.2) is 18.2 Å². The van der Waals surface area contributed by atoms with Crippen molar-refractivity contribution in [3.8, 4) is 0 Å². The highest BCUT2D eigenvalue weighted by atomic mass is 32.1. The van der Waals surface area contributed by atoms with Gasteiger partial charge in [-0.15, -0.1) is 0 Å². The summed E-state index contributed by atoms with van der Waals surface area (Å²) in [5, 5.41) is 9.23. The van der Waals surface area contributed by atoms with Gasteiger partial charge in [0.2, 0.25) is 0 Å². The first kappa shape index (κ1) is 13.9. The number of nitrogens with zero attached hydrogens (tertiary/aromatic N) is 1. The third-order valence-corrected chi connectivity index (χ3v) is 2.74. The number of halogens is 1. The summed E-state index contributed by atoms with van der Waals surface area (Å²) < 4.78 is 13.6. The van der Waals surface area contributed by atoms with Gasteiger partial charge in [0, 0.05) is 19.3 Å². The van der Waals surface area contributed by atoms with Crippen molar-refractivity contribution in [2.24, 2.45) is 5.73 Å². The van der Waals surface area contributed by atoms with E-state index in [1.807, 2.05) is 11.9 Å². The van der Waals surface area contributed by atoms with Crippen LogP contribution in [0.1, 0.15) is 18.9 Å². The Balaban J connectivity index is 2.96. The molecule has 17 heavy (non-hydrogen) atoms. The number of benzene rings is 1. The molecule has 0 aliphatic heterocycles. The van der Waals surface area contributed by atoms with Crippen molar-refractivity contribution >= 4 is 22.9 Å². The van der Waals surface area contributed by atoms with Crippen molar-refractivity contribution in [3.05, 3.63) is 29.6 Å². The number of hydrogen-bond donors (Lipinski definition) is 2. The maximum absolute atomic E-state index is 13.6. The van der Waals surface area contributed by atoms with E-state index in [1.54, 1.807) is 19.1 Å². The van der Waals surface area contributed by atoms with Gasteiger partial charge in [-0.25, -0.2) is 4.39 Å². The van der Waals surface area contributed by atoms with Crippen LogP contribution in [0.5, 0.6) is 0 Å². The summed E-state index contributed by atoms with van der Waals surface area (Å²) in [5.74, 6) is -0.418. The Morgan fingerprint density at radius 3 is 2.76 bits per heavy atom. The van der Waals surface area contributed by atoms with Gasteiger partial charge in [0.15, 0.2) is 0 Å². The molecule has 0 radical (unpaired) electrons. The summed E-state index contributed by atoms with van der Waals surface area (Å²) in [6.07, 6.45) is 0.211. The highest BCUT2D eigenvalue weighted by Gasteiger charge is 2.14. The van der Waals surface area contributed by atoms with Gasteiger partial charge < -0.3 is 15.7 Å². The quantitative estimate of drug-likeness (QED) is 0.787. The number of hydrogen-bond acceptors (Lipinski definition) is 3. The van der Waals surface area contributed by atoms with Gasteiger partial charge in [-0.05, 0) is 25.5 Å². The average Bonchev–Trinajstić information content (AvgIpc) is 2.24. The van der Waals surface area contributed by atoms with E-state index in [4.69, 9.17) is 18.0 Å². The molecule has 5 heteroatoms. The highest BCUT2D eigenvalue weighted by Crippen LogP contribution is 2.22. The van der Waals surface area contributed by atoms with Crippen molar-refractivity contribution in [1.29, 1.82) is 0 Å². The SMILES string of the molecule is CC(O)CCN(C)c1cccc(F)c1C(N)=S.